The number of aryl methyl sites for hydroxylation is 1. The molecule has 90 valence electrons. The highest BCUT2D eigenvalue weighted by Gasteiger charge is 2.26. The van der Waals surface area contributed by atoms with E-state index in [1.165, 1.54) is 0 Å². The maximum absolute atomic E-state index is 12.4. The van der Waals surface area contributed by atoms with Crippen LogP contribution < -0.4 is 9.64 Å². The first-order valence-corrected chi connectivity index (χ1v) is 5.86. The van der Waals surface area contributed by atoms with Crippen LogP contribution in [0.15, 0.2) is 48.5 Å². The summed E-state index contributed by atoms with van der Waals surface area (Å²) in [4.78, 5) is 14.1. The van der Waals surface area contributed by atoms with Crippen LogP contribution in [-0.2, 0) is 0 Å². The van der Waals surface area contributed by atoms with Gasteiger partial charge in [-0.25, -0.2) is 0 Å². The molecule has 18 heavy (non-hydrogen) atoms. The molecule has 1 heterocycles. The maximum Gasteiger partial charge on any atom is 0.264 e. The first kappa shape index (κ1) is 10.8. The number of carbonyl (C=O) groups excluding carboxylic acids is 1. The molecule has 2 aromatic rings. The van der Waals surface area contributed by atoms with Crippen LogP contribution in [0.4, 0.5) is 5.69 Å². The van der Waals surface area contributed by atoms with Crippen molar-refractivity contribution in [3.63, 3.8) is 0 Å². The molecule has 3 heteroatoms. The second-order valence-corrected chi connectivity index (χ2v) is 4.34. The molecular weight excluding hydrogens is 226 g/mol. The van der Waals surface area contributed by atoms with Gasteiger partial charge >= 0.3 is 0 Å². The molecule has 0 saturated carbocycles. The van der Waals surface area contributed by atoms with Gasteiger partial charge in [-0.1, -0.05) is 29.8 Å². The van der Waals surface area contributed by atoms with Gasteiger partial charge in [0.15, 0.2) is 6.73 Å². The fraction of sp³-hybridized carbons (Fsp3) is 0.133. The molecular formula is C15H13NO2. The number of amides is 1. The van der Waals surface area contributed by atoms with E-state index in [0.29, 0.717) is 11.3 Å². The van der Waals surface area contributed by atoms with Crippen molar-refractivity contribution in [2.75, 3.05) is 11.6 Å². The number of nitrogens with zero attached hydrogens (tertiary/aromatic N) is 1. The smallest absolute Gasteiger partial charge is 0.264 e. The van der Waals surface area contributed by atoms with Crippen molar-refractivity contribution in [3.8, 4) is 5.75 Å². The van der Waals surface area contributed by atoms with E-state index in [2.05, 4.69) is 0 Å². The summed E-state index contributed by atoms with van der Waals surface area (Å²) >= 11 is 0. The first-order chi connectivity index (χ1) is 8.75. The topological polar surface area (TPSA) is 29.5 Å². The normalized spacial score (nSPS) is 14.1. The summed E-state index contributed by atoms with van der Waals surface area (Å²) in [7, 11) is 0. The minimum absolute atomic E-state index is 0.00819. The fourth-order valence-corrected chi connectivity index (χ4v) is 2.07. The highest BCUT2D eigenvalue weighted by atomic mass is 16.5. The monoisotopic (exact) mass is 239 g/mol. The minimum atomic E-state index is -0.00819. The third-order valence-corrected chi connectivity index (χ3v) is 3.03. The summed E-state index contributed by atoms with van der Waals surface area (Å²) in [5.74, 6) is 0.656. The lowest BCUT2D eigenvalue weighted by molar-refractivity contribution is 0.0937. The summed E-state index contributed by atoms with van der Waals surface area (Å²) in [5.41, 5.74) is 2.54. The number of fused-ring (bicyclic) bond motifs is 1. The molecule has 3 rings (SSSR count). The van der Waals surface area contributed by atoms with Crippen LogP contribution in [0.1, 0.15) is 15.9 Å². The van der Waals surface area contributed by atoms with E-state index >= 15 is 0 Å². The summed E-state index contributed by atoms with van der Waals surface area (Å²) < 4.78 is 5.62. The van der Waals surface area contributed by atoms with Gasteiger partial charge in [0.2, 0.25) is 0 Å². The molecule has 0 bridgehead atoms. The second-order valence-electron chi connectivity index (χ2n) is 4.34. The van der Waals surface area contributed by atoms with Gasteiger partial charge < -0.3 is 4.74 Å². The van der Waals surface area contributed by atoms with Crippen LogP contribution in [0.5, 0.6) is 5.75 Å². The third-order valence-electron chi connectivity index (χ3n) is 3.03. The van der Waals surface area contributed by atoms with Gasteiger partial charge in [0.05, 0.1) is 5.56 Å². The molecule has 0 saturated heterocycles. The number of hydrogen-bond acceptors (Lipinski definition) is 2. The molecule has 0 aromatic heterocycles. The van der Waals surface area contributed by atoms with Crippen LogP contribution in [0.2, 0.25) is 0 Å². The zero-order valence-corrected chi connectivity index (χ0v) is 10.1. The van der Waals surface area contributed by atoms with Crippen LogP contribution in [0.3, 0.4) is 0 Å². The molecule has 3 nitrogen and oxygen atoms in total. The molecule has 1 amide bonds. The Kier molecular flexibility index (Phi) is 2.52. The van der Waals surface area contributed by atoms with E-state index in [4.69, 9.17) is 4.74 Å². The lowest BCUT2D eigenvalue weighted by Gasteiger charge is -2.28. The van der Waals surface area contributed by atoms with E-state index in [-0.39, 0.29) is 12.6 Å². The predicted molar refractivity (Wildman–Crippen MR) is 69.9 cm³/mol. The molecule has 1 aliphatic rings. The average molecular weight is 239 g/mol. The van der Waals surface area contributed by atoms with Crippen LogP contribution in [-0.4, -0.2) is 12.6 Å². The van der Waals surface area contributed by atoms with Crippen molar-refractivity contribution in [1.82, 2.24) is 0 Å². The minimum Gasteiger partial charge on any atom is -0.472 e. The number of carbonyl (C=O) groups is 1. The molecule has 0 atom stereocenters. The molecule has 0 aliphatic carbocycles. The molecule has 0 fully saturated rings. The van der Waals surface area contributed by atoms with E-state index in [1.54, 1.807) is 4.90 Å². The van der Waals surface area contributed by atoms with E-state index < -0.39 is 0 Å². The van der Waals surface area contributed by atoms with Crippen molar-refractivity contribution in [2.45, 2.75) is 6.92 Å². The van der Waals surface area contributed by atoms with Gasteiger partial charge in [0.25, 0.3) is 5.91 Å². The Morgan fingerprint density at radius 1 is 1.11 bits per heavy atom. The number of ether oxygens (including phenoxy) is 1. The first-order valence-electron chi connectivity index (χ1n) is 5.86. The second kappa shape index (κ2) is 4.18. The van der Waals surface area contributed by atoms with E-state index in [0.717, 1.165) is 11.3 Å². The fourth-order valence-electron chi connectivity index (χ4n) is 2.07. The van der Waals surface area contributed by atoms with Gasteiger partial charge in [-0.2, -0.15) is 0 Å². The summed E-state index contributed by atoms with van der Waals surface area (Å²) in [6.07, 6.45) is 0. The average Bonchev–Trinajstić information content (AvgIpc) is 2.41. The van der Waals surface area contributed by atoms with Gasteiger partial charge in [0, 0.05) is 5.69 Å². The molecule has 0 radical (unpaired) electrons. The van der Waals surface area contributed by atoms with Crippen molar-refractivity contribution in [1.29, 1.82) is 0 Å². The van der Waals surface area contributed by atoms with Gasteiger partial charge in [0.1, 0.15) is 5.75 Å². The standard InChI is InChI=1S/C15H13NO2/c1-11-7-8-14-13(9-11)15(17)16(10-18-14)12-5-3-2-4-6-12/h2-9H,10H2,1H3. The number of para-hydroxylation sites is 1. The van der Waals surface area contributed by atoms with Crippen molar-refractivity contribution < 1.29 is 9.53 Å². The Balaban J connectivity index is 2.02. The van der Waals surface area contributed by atoms with E-state index in [1.807, 2.05) is 55.5 Å². The molecule has 0 unspecified atom stereocenters. The Morgan fingerprint density at radius 3 is 2.67 bits per heavy atom. The molecule has 0 spiro atoms. The van der Waals surface area contributed by atoms with Crippen LogP contribution in [0, 0.1) is 6.92 Å². The number of anilines is 1. The van der Waals surface area contributed by atoms with Crippen molar-refractivity contribution in [3.05, 3.63) is 59.7 Å². The SMILES string of the molecule is Cc1ccc2c(c1)C(=O)N(c1ccccc1)CO2. The lowest BCUT2D eigenvalue weighted by Crippen LogP contribution is -2.38. The molecule has 1 aliphatic heterocycles. The summed E-state index contributed by atoms with van der Waals surface area (Å²) in [6.45, 7) is 2.23. The Labute approximate surface area is 106 Å². The summed E-state index contributed by atoms with van der Waals surface area (Å²) in [5, 5.41) is 0. The van der Waals surface area contributed by atoms with Gasteiger partial charge in [-0.3, -0.25) is 9.69 Å². The highest BCUT2D eigenvalue weighted by Crippen LogP contribution is 2.28. The lowest BCUT2D eigenvalue weighted by atomic mass is 10.1. The summed E-state index contributed by atoms with van der Waals surface area (Å²) in [6, 6.07) is 15.2. The van der Waals surface area contributed by atoms with Crippen molar-refractivity contribution in [2.24, 2.45) is 0 Å². The largest absolute Gasteiger partial charge is 0.472 e. The van der Waals surface area contributed by atoms with Crippen LogP contribution >= 0.6 is 0 Å². The quantitative estimate of drug-likeness (QED) is 0.765. The predicted octanol–water partition coefficient (Wildman–Crippen LogP) is 2.99. The van der Waals surface area contributed by atoms with Crippen molar-refractivity contribution >= 4 is 11.6 Å². The number of hydrogen-bond donors (Lipinski definition) is 0. The Hall–Kier alpha value is -2.29. The number of rotatable bonds is 1. The van der Waals surface area contributed by atoms with Gasteiger partial charge in [-0.05, 0) is 31.2 Å². The zero-order chi connectivity index (χ0) is 12.5. The Morgan fingerprint density at radius 2 is 1.89 bits per heavy atom. The maximum atomic E-state index is 12.4. The number of benzene rings is 2. The molecule has 2 aromatic carbocycles. The van der Waals surface area contributed by atoms with Crippen LogP contribution in [0.25, 0.3) is 0 Å². The third kappa shape index (κ3) is 1.74. The highest BCUT2D eigenvalue weighted by molar-refractivity contribution is 6.08. The van der Waals surface area contributed by atoms with Gasteiger partial charge in [-0.15, -0.1) is 0 Å². The molecule has 0 N–H and O–H groups in total. The zero-order valence-electron chi connectivity index (χ0n) is 10.1. The Bertz CT molecular complexity index is 593. The van der Waals surface area contributed by atoms with E-state index in [9.17, 15) is 4.79 Å².